The van der Waals surface area contributed by atoms with Gasteiger partial charge in [-0.25, -0.2) is 4.98 Å². The number of aromatic nitrogens is 1. The average Bonchev–Trinajstić information content (AvgIpc) is 2.71. The second kappa shape index (κ2) is 6.31. The van der Waals surface area contributed by atoms with Crippen LogP contribution in [0.2, 0.25) is 0 Å². The van der Waals surface area contributed by atoms with Gasteiger partial charge in [-0.05, 0) is 11.8 Å². The van der Waals surface area contributed by atoms with Crippen LogP contribution in [0, 0.1) is 11.8 Å². The molecule has 0 fully saturated rings. The summed E-state index contributed by atoms with van der Waals surface area (Å²) in [6.07, 6.45) is 0. The molecule has 2 rings (SSSR count). The Morgan fingerprint density at radius 2 is 1.60 bits per heavy atom. The quantitative estimate of drug-likeness (QED) is 0.876. The van der Waals surface area contributed by atoms with Crippen LogP contribution in [0.25, 0.3) is 10.2 Å². The number of nitrogen functional groups attached to an aromatic ring is 1. The van der Waals surface area contributed by atoms with E-state index in [0.29, 0.717) is 30.2 Å². The molecule has 20 heavy (non-hydrogen) atoms. The van der Waals surface area contributed by atoms with Crippen molar-refractivity contribution in [3.05, 3.63) is 12.1 Å². The van der Waals surface area contributed by atoms with Crippen molar-refractivity contribution in [2.45, 2.75) is 27.7 Å². The zero-order valence-corrected chi connectivity index (χ0v) is 13.3. The van der Waals surface area contributed by atoms with Gasteiger partial charge in [0.1, 0.15) is 0 Å². The van der Waals surface area contributed by atoms with Gasteiger partial charge in [0.05, 0.1) is 23.4 Å². The van der Waals surface area contributed by atoms with E-state index in [0.717, 1.165) is 21.7 Å². The summed E-state index contributed by atoms with van der Waals surface area (Å²) < 4.78 is 12.7. The number of rotatable bonds is 6. The third kappa shape index (κ3) is 3.76. The van der Waals surface area contributed by atoms with Gasteiger partial charge < -0.3 is 15.2 Å². The molecule has 0 saturated carbocycles. The van der Waals surface area contributed by atoms with Crippen molar-refractivity contribution >= 4 is 26.7 Å². The molecule has 0 bridgehead atoms. The van der Waals surface area contributed by atoms with Gasteiger partial charge in [0, 0.05) is 12.1 Å². The van der Waals surface area contributed by atoms with Crippen LogP contribution in [-0.2, 0) is 0 Å². The Morgan fingerprint density at radius 1 is 1.05 bits per heavy atom. The van der Waals surface area contributed by atoms with E-state index >= 15 is 0 Å². The number of hydrogen-bond donors (Lipinski definition) is 1. The Kier molecular flexibility index (Phi) is 4.70. The topological polar surface area (TPSA) is 57.4 Å². The van der Waals surface area contributed by atoms with E-state index in [2.05, 4.69) is 32.7 Å². The number of anilines is 1. The van der Waals surface area contributed by atoms with Crippen LogP contribution in [0.5, 0.6) is 11.5 Å². The van der Waals surface area contributed by atoms with Crippen molar-refractivity contribution in [3.63, 3.8) is 0 Å². The normalized spacial score (nSPS) is 11.5. The third-order valence-corrected chi connectivity index (χ3v) is 3.46. The van der Waals surface area contributed by atoms with E-state index in [4.69, 9.17) is 15.2 Å². The molecule has 1 heterocycles. The van der Waals surface area contributed by atoms with Crippen molar-refractivity contribution in [2.75, 3.05) is 18.9 Å². The number of nitrogens with zero attached hydrogens (tertiary/aromatic N) is 1. The summed E-state index contributed by atoms with van der Waals surface area (Å²) >= 11 is 1.46. The summed E-state index contributed by atoms with van der Waals surface area (Å²) in [5, 5.41) is 0.566. The number of nitrogens with two attached hydrogens (primary N) is 1. The Labute approximate surface area is 123 Å². The standard InChI is InChI=1S/C15H22N2O2S/c1-9(2)7-18-12-5-11-14(20-15(16)17-11)6-13(12)19-8-10(3)4/h5-6,9-10H,7-8H2,1-4H3,(H2,16,17). The van der Waals surface area contributed by atoms with Gasteiger partial charge in [0.2, 0.25) is 0 Å². The predicted octanol–water partition coefficient (Wildman–Crippen LogP) is 3.95. The van der Waals surface area contributed by atoms with E-state index < -0.39 is 0 Å². The first-order valence-electron chi connectivity index (χ1n) is 6.91. The minimum atomic E-state index is 0.462. The molecular weight excluding hydrogens is 272 g/mol. The summed E-state index contributed by atoms with van der Waals surface area (Å²) in [4.78, 5) is 4.30. The highest BCUT2D eigenvalue weighted by atomic mass is 32.1. The Balaban J connectivity index is 2.30. The Hall–Kier alpha value is -1.49. The highest BCUT2D eigenvalue weighted by Gasteiger charge is 2.12. The van der Waals surface area contributed by atoms with Crippen molar-refractivity contribution in [2.24, 2.45) is 11.8 Å². The number of benzene rings is 1. The molecule has 0 atom stereocenters. The molecule has 0 aliphatic carbocycles. The zero-order chi connectivity index (χ0) is 14.7. The SMILES string of the molecule is CC(C)COc1cc2nc(N)sc2cc1OCC(C)C. The van der Waals surface area contributed by atoms with Gasteiger partial charge in [-0.1, -0.05) is 39.0 Å². The molecule has 4 nitrogen and oxygen atoms in total. The van der Waals surface area contributed by atoms with Crippen LogP contribution in [0.1, 0.15) is 27.7 Å². The smallest absolute Gasteiger partial charge is 0.181 e. The lowest BCUT2D eigenvalue weighted by molar-refractivity contribution is 0.230. The van der Waals surface area contributed by atoms with E-state index in [1.165, 1.54) is 11.3 Å². The largest absolute Gasteiger partial charge is 0.489 e. The van der Waals surface area contributed by atoms with Crippen molar-refractivity contribution < 1.29 is 9.47 Å². The van der Waals surface area contributed by atoms with Gasteiger partial charge in [0.25, 0.3) is 0 Å². The van der Waals surface area contributed by atoms with Crippen molar-refractivity contribution in [1.82, 2.24) is 4.98 Å². The summed E-state index contributed by atoms with van der Waals surface area (Å²) in [6.45, 7) is 9.80. The fraction of sp³-hybridized carbons (Fsp3) is 0.533. The molecule has 0 aliphatic heterocycles. The second-order valence-corrected chi connectivity index (χ2v) is 6.79. The Morgan fingerprint density at radius 3 is 2.15 bits per heavy atom. The molecule has 5 heteroatoms. The van der Waals surface area contributed by atoms with E-state index in [1.54, 1.807) is 0 Å². The first-order valence-corrected chi connectivity index (χ1v) is 7.73. The van der Waals surface area contributed by atoms with Gasteiger partial charge in [-0.15, -0.1) is 0 Å². The number of ether oxygens (including phenoxy) is 2. The maximum absolute atomic E-state index is 5.86. The fourth-order valence-corrected chi connectivity index (χ4v) is 2.44. The highest BCUT2D eigenvalue weighted by Crippen LogP contribution is 2.36. The van der Waals surface area contributed by atoms with E-state index in [-0.39, 0.29) is 0 Å². The summed E-state index contributed by atoms with van der Waals surface area (Å²) in [6, 6.07) is 3.89. The van der Waals surface area contributed by atoms with Gasteiger partial charge in [-0.3, -0.25) is 0 Å². The molecule has 2 N–H and O–H groups in total. The number of hydrogen-bond acceptors (Lipinski definition) is 5. The molecule has 2 aromatic rings. The molecule has 0 spiro atoms. The maximum atomic E-state index is 5.86. The highest BCUT2D eigenvalue weighted by molar-refractivity contribution is 7.22. The number of fused-ring (bicyclic) bond motifs is 1. The monoisotopic (exact) mass is 294 g/mol. The van der Waals surface area contributed by atoms with Crippen LogP contribution >= 0.6 is 11.3 Å². The zero-order valence-electron chi connectivity index (χ0n) is 12.5. The summed E-state index contributed by atoms with van der Waals surface area (Å²) in [5.74, 6) is 2.45. The lowest BCUT2D eigenvalue weighted by Gasteiger charge is -2.15. The molecule has 0 amide bonds. The van der Waals surface area contributed by atoms with E-state index in [9.17, 15) is 0 Å². The van der Waals surface area contributed by atoms with Crippen LogP contribution in [0.4, 0.5) is 5.13 Å². The fourth-order valence-electron chi connectivity index (χ4n) is 1.69. The van der Waals surface area contributed by atoms with Crippen LogP contribution in [-0.4, -0.2) is 18.2 Å². The summed E-state index contributed by atoms with van der Waals surface area (Å²) in [5.41, 5.74) is 6.62. The Bertz CT molecular complexity index is 530. The van der Waals surface area contributed by atoms with Gasteiger partial charge in [-0.2, -0.15) is 0 Å². The first kappa shape index (κ1) is 14.9. The van der Waals surface area contributed by atoms with Gasteiger partial charge >= 0.3 is 0 Å². The van der Waals surface area contributed by atoms with Crippen LogP contribution in [0.15, 0.2) is 12.1 Å². The maximum Gasteiger partial charge on any atom is 0.181 e. The number of thiazole rings is 1. The minimum absolute atomic E-state index is 0.462. The molecule has 1 aromatic heterocycles. The molecular formula is C15H22N2O2S. The minimum Gasteiger partial charge on any atom is -0.489 e. The van der Waals surface area contributed by atoms with Gasteiger partial charge in [0.15, 0.2) is 16.6 Å². The molecule has 110 valence electrons. The van der Waals surface area contributed by atoms with E-state index in [1.807, 2.05) is 12.1 Å². The molecule has 0 aliphatic rings. The first-order chi connectivity index (χ1) is 9.45. The van der Waals surface area contributed by atoms with Crippen molar-refractivity contribution in [1.29, 1.82) is 0 Å². The molecule has 0 saturated heterocycles. The lowest BCUT2D eigenvalue weighted by Crippen LogP contribution is -2.08. The second-order valence-electron chi connectivity index (χ2n) is 5.73. The molecule has 1 aromatic carbocycles. The molecule has 0 unspecified atom stereocenters. The average molecular weight is 294 g/mol. The lowest BCUT2D eigenvalue weighted by atomic mass is 10.2. The van der Waals surface area contributed by atoms with Crippen LogP contribution in [0.3, 0.4) is 0 Å². The van der Waals surface area contributed by atoms with Crippen molar-refractivity contribution in [3.8, 4) is 11.5 Å². The summed E-state index contributed by atoms with van der Waals surface area (Å²) in [7, 11) is 0. The van der Waals surface area contributed by atoms with Crippen LogP contribution < -0.4 is 15.2 Å². The molecule has 0 radical (unpaired) electrons. The predicted molar refractivity (Wildman–Crippen MR) is 84.7 cm³/mol. The third-order valence-electron chi connectivity index (χ3n) is 2.61.